The van der Waals surface area contributed by atoms with Gasteiger partial charge in [-0.3, -0.25) is 5.01 Å². The van der Waals surface area contributed by atoms with Crippen molar-refractivity contribution in [1.29, 1.82) is 0 Å². The van der Waals surface area contributed by atoms with Gasteiger partial charge in [0.15, 0.2) is 0 Å². The Bertz CT molecular complexity index is 967. The maximum Gasteiger partial charge on any atom is 0.123 e. The molecule has 4 rings (SSSR count). The second kappa shape index (κ2) is 7.80. The van der Waals surface area contributed by atoms with Crippen molar-refractivity contribution >= 4 is 11.4 Å². The fourth-order valence-corrected chi connectivity index (χ4v) is 3.37. The van der Waals surface area contributed by atoms with E-state index in [-0.39, 0.29) is 17.7 Å². The summed E-state index contributed by atoms with van der Waals surface area (Å²) in [6.45, 7) is 2.56. The summed E-state index contributed by atoms with van der Waals surface area (Å²) >= 11 is 0. The van der Waals surface area contributed by atoms with E-state index in [1.54, 1.807) is 24.3 Å². The standard InChI is InChI=1S/C23H20F2N2O/c1-2-28-21-13-5-16(6-14-21)22-15-23(17-3-7-18(24)8-4-17)27(26-22)20-11-9-19(25)10-12-20/h3-14,23H,2,15H2,1H3/t23-/m0/s1. The molecule has 0 unspecified atom stereocenters. The van der Waals surface area contributed by atoms with Gasteiger partial charge in [-0.25, -0.2) is 8.78 Å². The van der Waals surface area contributed by atoms with Crippen LogP contribution in [0.2, 0.25) is 0 Å². The Kier molecular flexibility index (Phi) is 5.06. The highest BCUT2D eigenvalue weighted by molar-refractivity contribution is 6.03. The number of halogens is 2. The van der Waals surface area contributed by atoms with Crippen LogP contribution in [0.1, 0.15) is 30.5 Å². The Balaban J connectivity index is 1.69. The third-order valence-corrected chi connectivity index (χ3v) is 4.75. The molecule has 5 heteroatoms. The first-order valence-corrected chi connectivity index (χ1v) is 9.25. The molecule has 0 aromatic heterocycles. The normalized spacial score (nSPS) is 16.2. The average Bonchev–Trinajstić information content (AvgIpc) is 3.15. The van der Waals surface area contributed by atoms with Gasteiger partial charge in [0, 0.05) is 6.42 Å². The molecular weight excluding hydrogens is 358 g/mol. The third kappa shape index (κ3) is 3.74. The van der Waals surface area contributed by atoms with E-state index in [2.05, 4.69) is 0 Å². The molecule has 0 bridgehead atoms. The summed E-state index contributed by atoms with van der Waals surface area (Å²) in [7, 11) is 0. The maximum atomic E-state index is 13.4. The van der Waals surface area contributed by atoms with Crippen molar-refractivity contribution in [2.75, 3.05) is 11.6 Å². The smallest absolute Gasteiger partial charge is 0.123 e. The first-order chi connectivity index (χ1) is 13.6. The summed E-state index contributed by atoms with van der Waals surface area (Å²) < 4.78 is 32.3. The molecule has 1 aliphatic heterocycles. The van der Waals surface area contributed by atoms with Crippen LogP contribution >= 0.6 is 0 Å². The summed E-state index contributed by atoms with van der Waals surface area (Å²) in [6.07, 6.45) is 0.664. The molecule has 3 nitrogen and oxygen atoms in total. The van der Waals surface area contributed by atoms with Gasteiger partial charge in [-0.15, -0.1) is 0 Å². The van der Waals surface area contributed by atoms with Crippen molar-refractivity contribution in [3.8, 4) is 5.75 Å². The van der Waals surface area contributed by atoms with E-state index in [0.29, 0.717) is 13.0 Å². The molecule has 0 aliphatic carbocycles. The van der Waals surface area contributed by atoms with Gasteiger partial charge in [-0.1, -0.05) is 12.1 Å². The van der Waals surface area contributed by atoms with Crippen LogP contribution in [0.4, 0.5) is 14.5 Å². The van der Waals surface area contributed by atoms with E-state index >= 15 is 0 Å². The van der Waals surface area contributed by atoms with E-state index in [1.165, 1.54) is 24.3 Å². The van der Waals surface area contributed by atoms with E-state index in [0.717, 1.165) is 28.3 Å². The van der Waals surface area contributed by atoms with Gasteiger partial charge in [-0.2, -0.15) is 5.10 Å². The van der Waals surface area contributed by atoms with Crippen LogP contribution in [-0.4, -0.2) is 12.3 Å². The van der Waals surface area contributed by atoms with E-state index in [1.807, 2.05) is 36.2 Å². The summed E-state index contributed by atoms with van der Waals surface area (Å²) in [5.74, 6) is 0.245. The van der Waals surface area contributed by atoms with Crippen LogP contribution in [0.15, 0.2) is 77.9 Å². The van der Waals surface area contributed by atoms with Crippen LogP contribution in [0.3, 0.4) is 0 Å². The van der Waals surface area contributed by atoms with E-state index < -0.39 is 0 Å². The van der Waals surface area contributed by atoms with Gasteiger partial charge in [0.25, 0.3) is 0 Å². The highest BCUT2D eigenvalue weighted by Gasteiger charge is 2.30. The van der Waals surface area contributed by atoms with Crippen LogP contribution in [0.5, 0.6) is 5.75 Å². The molecule has 0 radical (unpaired) electrons. The monoisotopic (exact) mass is 378 g/mol. The SMILES string of the molecule is CCOc1ccc(C2=NN(c3ccc(F)cc3)[C@H](c3ccc(F)cc3)C2)cc1. The molecule has 3 aromatic rings. The molecule has 28 heavy (non-hydrogen) atoms. The lowest BCUT2D eigenvalue weighted by Gasteiger charge is -2.24. The Morgan fingerprint density at radius 3 is 2.11 bits per heavy atom. The van der Waals surface area contributed by atoms with Crippen molar-refractivity contribution in [1.82, 2.24) is 0 Å². The van der Waals surface area contributed by atoms with E-state index in [4.69, 9.17) is 9.84 Å². The third-order valence-electron chi connectivity index (χ3n) is 4.75. The number of ether oxygens (including phenoxy) is 1. The minimum Gasteiger partial charge on any atom is -0.494 e. The summed E-state index contributed by atoms with van der Waals surface area (Å²) in [5.41, 5.74) is 3.66. The lowest BCUT2D eigenvalue weighted by molar-refractivity contribution is 0.340. The van der Waals surface area contributed by atoms with Crippen molar-refractivity contribution < 1.29 is 13.5 Å². The number of nitrogens with zero attached hydrogens (tertiary/aromatic N) is 2. The zero-order valence-electron chi connectivity index (χ0n) is 15.5. The molecule has 1 heterocycles. The molecule has 0 amide bonds. The fraction of sp³-hybridized carbons (Fsp3) is 0.174. The van der Waals surface area contributed by atoms with Gasteiger partial charge in [0.2, 0.25) is 0 Å². The van der Waals surface area contributed by atoms with Crippen LogP contribution in [0, 0.1) is 11.6 Å². The van der Waals surface area contributed by atoms with Gasteiger partial charge in [0.1, 0.15) is 17.4 Å². The lowest BCUT2D eigenvalue weighted by Crippen LogP contribution is -2.18. The average molecular weight is 378 g/mol. The first-order valence-electron chi connectivity index (χ1n) is 9.25. The number of hydrogen-bond acceptors (Lipinski definition) is 3. The molecule has 1 aliphatic rings. The molecule has 0 spiro atoms. The van der Waals surface area contributed by atoms with Crippen molar-refractivity contribution in [2.24, 2.45) is 5.10 Å². The van der Waals surface area contributed by atoms with Gasteiger partial charge in [0.05, 0.1) is 24.0 Å². The molecule has 0 saturated heterocycles. The quantitative estimate of drug-likeness (QED) is 0.567. The summed E-state index contributed by atoms with van der Waals surface area (Å²) in [4.78, 5) is 0. The van der Waals surface area contributed by atoms with Gasteiger partial charge in [-0.05, 0) is 78.7 Å². The van der Waals surface area contributed by atoms with Crippen molar-refractivity contribution in [3.63, 3.8) is 0 Å². The van der Waals surface area contributed by atoms with Crippen LogP contribution in [0.25, 0.3) is 0 Å². The van der Waals surface area contributed by atoms with E-state index in [9.17, 15) is 8.78 Å². The Labute approximate surface area is 162 Å². The Morgan fingerprint density at radius 1 is 0.893 bits per heavy atom. The van der Waals surface area contributed by atoms with Crippen molar-refractivity contribution in [3.05, 3.63) is 95.6 Å². The second-order valence-electron chi connectivity index (χ2n) is 6.60. The molecule has 1 atom stereocenters. The zero-order chi connectivity index (χ0) is 19.5. The van der Waals surface area contributed by atoms with Crippen LogP contribution in [-0.2, 0) is 0 Å². The maximum absolute atomic E-state index is 13.4. The molecule has 142 valence electrons. The van der Waals surface area contributed by atoms with Gasteiger partial charge >= 0.3 is 0 Å². The topological polar surface area (TPSA) is 24.8 Å². The fourth-order valence-electron chi connectivity index (χ4n) is 3.37. The predicted molar refractivity (Wildman–Crippen MR) is 107 cm³/mol. The second-order valence-corrected chi connectivity index (χ2v) is 6.60. The molecular formula is C23H20F2N2O. The summed E-state index contributed by atoms with van der Waals surface area (Å²) in [5, 5.41) is 6.68. The number of benzene rings is 3. The Morgan fingerprint density at radius 2 is 1.50 bits per heavy atom. The lowest BCUT2D eigenvalue weighted by atomic mass is 9.98. The van der Waals surface area contributed by atoms with Crippen molar-refractivity contribution in [2.45, 2.75) is 19.4 Å². The summed E-state index contributed by atoms with van der Waals surface area (Å²) in [6, 6.07) is 20.4. The molecule has 0 fully saturated rings. The number of hydrazone groups is 1. The molecule has 3 aromatic carbocycles. The number of anilines is 1. The predicted octanol–water partition coefficient (Wildman–Crippen LogP) is 5.72. The largest absolute Gasteiger partial charge is 0.494 e. The highest BCUT2D eigenvalue weighted by Crippen LogP contribution is 2.37. The zero-order valence-corrected chi connectivity index (χ0v) is 15.5. The first kappa shape index (κ1) is 18.2. The molecule has 0 N–H and O–H groups in total. The highest BCUT2D eigenvalue weighted by atomic mass is 19.1. The minimum absolute atomic E-state index is 0.0902. The van der Waals surface area contributed by atoms with Crippen LogP contribution < -0.4 is 9.75 Å². The molecule has 0 saturated carbocycles. The van der Waals surface area contributed by atoms with Gasteiger partial charge < -0.3 is 4.74 Å². The minimum atomic E-state index is -0.294. The number of rotatable bonds is 5. The number of hydrogen-bond donors (Lipinski definition) is 0. The Hall–Kier alpha value is -3.21.